The van der Waals surface area contributed by atoms with Crippen LogP contribution in [0.4, 0.5) is 18.9 Å². The SMILES string of the molecule is N#CCCNC(=O)C(Cc1ccc(O)cc1)NC(=S)Nc1ccc(OC(F)(F)F)cc1. The summed E-state index contributed by atoms with van der Waals surface area (Å²) in [4.78, 5) is 12.5. The molecule has 0 heterocycles. The molecule has 0 saturated heterocycles. The largest absolute Gasteiger partial charge is 0.573 e. The van der Waals surface area contributed by atoms with Gasteiger partial charge in [-0.2, -0.15) is 5.26 Å². The molecule has 164 valence electrons. The zero-order valence-corrected chi connectivity index (χ0v) is 16.9. The number of rotatable bonds is 8. The molecule has 0 aliphatic carbocycles. The fraction of sp³-hybridized carbons (Fsp3) is 0.250. The van der Waals surface area contributed by atoms with E-state index in [0.717, 1.165) is 17.7 Å². The molecule has 4 N–H and O–H groups in total. The zero-order valence-electron chi connectivity index (χ0n) is 16.1. The van der Waals surface area contributed by atoms with Crippen molar-refractivity contribution in [3.8, 4) is 17.6 Å². The fourth-order valence-corrected chi connectivity index (χ4v) is 2.77. The molecule has 0 aromatic heterocycles. The van der Waals surface area contributed by atoms with Crippen LogP contribution in [-0.4, -0.2) is 35.1 Å². The number of carbonyl (C=O) groups is 1. The van der Waals surface area contributed by atoms with Crippen LogP contribution in [0.2, 0.25) is 0 Å². The summed E-state index contributed by atoms with van der Waals surface area (Å²) in [7, 11) is 0. The highest BCUT2D eigenvalue weighted by atomic mass is 32.1. The summed E-state index contributed by atoms with van der Waals surface area (Å²) in [6.45, 7) is 0.171. The molecule has 2 aromatic rings. The number of aromatic hydroxyl groups is 1. The number of thiocarbonyl (C=S) groups is 1. The summed E-state index contributed by atoms with van der Waals surface area (Å²) in [6.07, 6.45) is -4.41. The minimum atomic E-state index is -4.79. The third kappa shape index (κ3) is 8.79. The lowest BCUT2D eigenvalue weighted by Gasteiger charge is -2.21. The number of anilines is 1. The number of nitrogens with one attached hydrogen (secondary N) is 3. The van der Waals surface area contributed by atoms with Gasteiger partial charge in [0.1, 0.15) is 17.5 Å². The van der Waals surface area contributed by atoms with E-state index >= 15 is 0 Å². The molecule has 11 heteroatoms. The van der Waals surface area contributed by atoms with Crippen molar-refractivity contribution < 1.29 is 27.8 Å². The molecule has 1 amide bonds. The van der Waals surface area contributed by atoms with Gasteiger partial charge in [0, 0.05) is 18.7 Å². The number of alkyl halides is 3. The Morgan fingerprint density at radius 1 is 1.16 bits per heavy atom. The molecule has 0 spiro atoms. The predicted octanol–water partition coefficient (Wildman–Crippen LogP) is 3.22. The van der Waals surface area contributed by atoms with E-state index in [1.807, 2.05) is 6.07 Å². The highest BCUT2D eigenvalue weighted by Gasteiger charge is 2.31. The number of hydrogen-bond acceptors (Lipinski definition) is 5. The van der Waals surface area contributed by atoms with Crippen molar-refractivity contribution in [1.29, 1.82) is 5.26 Å². The highest BCUT2D eigenvalue weighted by Crippen LogP contribution is 2.24. The molecule has 0 bridgehead atoms. The summed E-state index contributed by atoms with van der Waals surface area (Å²) in [5.74, 6) is -0.678. The van der Waals surface area contributed by atoms with Crippen molar-refractivity contribution in [3.05, 3.63) is 54.1 Å². The normalized spacial score (nSPS) is 11.7. The van der Waals surface area contributed by atoms with E-state index in [9.17, 15) is 23.1 Å². The van der Waals surface area contributed by atoms with Gasteiger partial charge in [-0.05, 0) is 54.2 Å². The lowest BCUT2D eigenvalue weighted by molar-refractivity contribution is -0.274. The lowest BCUT2D eigenvalue weighted by atomic mass is 10.1. The quantitative estimate of drug-likeness (QED) is 0.360. The molecule has 7 nitrogen and oxygen atoms in total. The van der Waals surface area contributed by atoms with Crippen LogP contribution >= 0.6 is 12.2 Å². The van der Waals surface area contributed by atoms with Crippen molar-refractivity contribution >= 4 is 28.9 Å². The number of nitriles is 1. The van der Waals surface area contributed by atoms with Crippen molar-refractivity contribution in [2.75, 3.05) is 11.9 Å². The minimum absolute atomic E-state index is 0.0729. The van der Waals surface area contributed by atoms with E-state index in [2.05, 4.69) is 20.7 Å². The maximum Gasteiger partial charge on any atom is 0.573 e. The van der Waals surface area contributed by atoms with Crippen molar-refractivity contribution in [2.45, 2.75) is 25.2 Å². The number of phenols is 1. The lowest BCUT2D eigenvalue weighted by Crippen LogP contribution is -2.49. The van der Waals surface area contributed by atoms with Gasteiger partial charge >= 0.3 is 6.36 Å². The van der Waals surface area contributed by atoms with Gasteiger partial charge in [0.15, 0.2) is 5.11 Å². The molecule has 0 fully saturated rings. The molecule has 0 radical (unpaired) electrons. The van der Waals surface area contributed by atoms with Crippen LogP contribution in [0.5, 0.6) is 11.5 Å². The van der Waals surface area contributed by atoms with Gasteiger partial charge in [0.25, 0.3) is 0 Å². The Labute approximate surface area is 181 Å². The number of phenolic OH excluding ortho intramolecular Hbond substituents is 1. The number of nitrogens with zero attached hydrogens (tertiary/aromatic N) is 1. The van der Waals surface area contributed by atoms with Crippen LogP contribution in [0.3, 0.4) is 0 Å². The summed E-state index contributed by atoms with van der Waals surface area (Å²) in [6, 6.07) is 12.4. The second-order valence-corrected chi connectivity index (χ2v) is 6.70. The first kappa shape index (κ1) is 23.8. The van der Waals surface area contributed by atoms with E-state index in [1.165, 1.54) is 24.3 Å². The van der Waals surface area contributed by atoms with E-state index < -0.39 is 12.4 Å². The Kier molecular flexibility index (Phi) is 8.45. The van der Waals surface area contributed by atoms with Crippen molar-refractivity contribution in [3.63, 3.8) is 0 Å². The second-order valence-electron chi connectivity index (χ2n) is 6.29. The maximum atomic E-state index is 12.5. The van der Waals surface area contributed by atoms with Gasteiger partial charge in [-0.25, -0.2) is 0 Å². The Hall–Kier alpha value is -3.52. The van der Waals surface area contributed by atoms with Crippen LogP contribution < -0.4 is 20.7 Å². The Balaban J connectivity index is 2.02. The van der Waals surface area contributed by atoms with E-state index in [-0.39, 0.29) is 41.9 Å². The van der Waals surface area contributed by atoms with Crippen LogP contribution in [0.25, 0.3) is 0 Å². The van der Waals surface area contributed by atoms with Gasteiger partial charge in [-0.3, -0.25) is 4.79 Å². The third-order valence-corrected chi connectivity index (χ3v) is 4.10. The molecule has 0 saturated carbocycles. The molecule has 1 atom stereocenters. The van der Waals surface area contributed by atoms with E-state index in [0.29, 0.717) is 5.69 Å². The molecular formula is C20H19F3N4O3S. The Morgan fingerprint density at radius 3 is 2.39 bits per heavy atom. The summed E-state index contributed by atoms with van der Waals surface area (Å²) >= 11 is 5.22. The molecule has 1 unspecified atom stereocenters. The minimum Gasteiger partial charge on any atom is -0.508 e. The topological polar surface area (TPSA) is 106 Å². The number of hydrogen-bond donors (Lipinski definition) is 4. The number of benzene rings is 2. The summed E-state index contributed by atoms with van der Waals surface area (Å²) in [5.41, 5.74) is 1.14. The fourth-order valence-electron chi connectivity index (χ4n) is 2.51. The molecule has 0 aliphatic rings. The predicted molar refractivity (Wildman–Crippen MR) is 111 cm³/mol. The van der Waals surface area contributed by atoms with Crippen LogP contribution in [-0.2, 0) is 11.2 Å². The Morgan fingerprint density at radius 2 is 1.81 bits per heavy atom. The van der Waals surface area contributed by atoms with Gasteiger partial charge in [-0.1, -0.05) is 12.1 Å². The van der Waals surface area contributed by atoms with Gasteiger partial charge in [-0.15, -0.1) is 13.2 Å². The first-order valence-corrected chi connectivity index (χ1v) is 9.43. The molecule has 2 rings (SSSR count). The smallest absolute Gasteiger partial charge is 0.508 e. The number of carbonyl (C=O) groups excluding carboxylic acids is 1. The molecule has 2 aromatic carbocycles. The van der Waals surface area contributed by atoms with Crippen LogP contribution in [0.15, 0.2) is 48.5 Å². The molecule has 0 aliphatic heterocycles. The maximum absolute atomic E-state index is 12.5. The van der Waals surface area contributed by atoms with Gasteiger partial charge in [0.2, 0.25) is 5.91 Å². The first-order valence-electron chi connectivity index (χ1n) is 9.02. The third-order valence-electron chi connectivity index (χ3n) is 3.88. The molecule has 31 heavy (non-hydrogen) atoms. The second kappa shape index (κ2) is 11.0. The average Bonchev–Trinajstić information content (AvgIpc) is 2.69. The summed E-state index contributed by atoms with van der Waals surface area (Å²) < 4.78 is 40.5. The van der Waals surface area contributed by atoms with Crippen molar-refractivity contribution in [1.82, 2.24) is 10.6 Å². The van der Waals surface area contributed by atoms with E-state index in [4.69, 9.17) is 17.5 Å². The number of ether oxygens (including phenoxy) is 1. The van der Waals surface area contributed by atoms with Gasteiger partial charge in [0.05, 0.1) is 12.5 Å². The number of amides is 1. The highest BCUT2D eigenvalue weighted by molar-refractivity contribution is 7.80. The van der Waals surface area contributed by atoms with E-state index in [1.54, 1.807) is 12.1 Å². The first-order chi connectivity index (χ1) is 14.7. The summed E-state index contributed by atoms with van der Waals surface area (Å²) in [5, 5.41) is 26.4. The van der Waals surface area contributed by atoms with Crippen molar-refractivity contribution in [2.24, 2.45) is 0 Å². The van der Waals surface area contributed by atoms with Crippen LogP contribution in [0.1, 0.15) is 12.0 Å². The Bertz CT molecular complexity index is 929. The average molecular weight is 452 g/mol. The van der Waals surface area contributed by atoms with Gasteiger partial charge < -0.3 is 25.8 Å². The standard InChI is InChI=1S/C20H19F3N4O3S/c21-20(22,23)30-16-8-4-14(5-9-16)26-19(31)27-17(18(29)25-11-1-10-24)12-13-2-6-15(28)7-3-13/h2-9,17,28H,1,11-12H2,(H,25,29)(H2,26,27,31). The molecular weight excluding hydrogens is 433 g/mol. The zero-order chi connectivity index (χ0) is 22.9. The van der Waals surface area contributed by atoms with Crippen LogP contribution in [0, 0.1) is 11.3 Å². The number of halogens is 3. The monoisotopic (exact) mass is 452 g/mol.